The molecule has 1 aromatic carbocycles. The Hall–Kier alpha value is -0.600. The van der Waals surface area contributed by atoms with Crippen LogP contribution in [0.2, 0.25) is 0 Å². The van der Waals surface area contributed by atoms with Crippen molar-refractivity contribution in [2.45, 2.75) is 38.1 Å². The third-order valence-corrected chi connectivity index (χ3v) is 5.70. The normalized spacial score (nSPS) is 19.9. The number of nitro groups is 1. The molecule has 6 nitrogen and oxygen atoms in total. The van der Waals surface area contributed by atoms with Gasteiger partial charge < -0.3 is 10.4 Å². The van der Waals surface area contributed by atoms with Gasteiger partial charge in [-0.25, -0.2) is 0 Å². The van der Waals surface area contributed by atoms with Gasteiger partial charge in [-0.1, -0.05) is 35.2 Å². The third-order valence-electron chi connectivity index (χ3n) is 5.24. The summed E-state index contributed by atoms with van der Waals surface area (Å²) in [4.78, 5) is 13.2. The van der Waals surface area contributed by atoms with Crippen LogP contribution in [0.4, 0.5) is 5.69 Å². The highest BCUT2D eigenvalue weighted by molar-refractivity contribution is 9.10. The number of aromatic hydroxyl groups is 1. The quantitative estimate of drug-likeness (QED) is 0.502. The highest BCUT2D eigenvalue weighted by Crippen LogP contribution is 2.45. The summed E-state index contributed by atoms with van der Waals surface area (Å²) in [5.74, 6) is 0.272. The van der Waals surface area contributed by atoms with Crippen molar-refractivity contribution in [1.82, 2.24) is 10.2 Å². The molecule has 148 valence electrons. The van der Waals surface area contributed by atoms with E-state index in [1.54, 1.807) is 0 Å². The fourth-order valence-corrected chi connectivity index (χ4v) is 4.59. The van der Waals surface area contributed by atoms with Crippen LogP contribution in [0, 0.1) is 16.0 Å². The smallest absolute Gasteiger partial charge is 0.312 e. The molecule has 0 spiro atoms. The van der Waals surface area contributed by atoms with E-state index < -0.39 is 4.92 Å². The largest absolute Gasteiger partial charge is 0.502 e. The standard InChI is InChI=1S/C17H24BrN3O3.2ClH/c18-13-10-14(17(22)15(11-13)21(23)24)16(12-4-2-1-3-5-12)20-8-6-19-7-9-20;;/h10-12,16,19,22H,1-9H2;2*1H/t16-;;/m1../s1. The lowest BCUT2D eigenvalue weighted by molar-refractivity contribution is -0.386. The Balaban J connectivity index is 0.00000169. The van der Waals surface area contributed by atoms with Crippen molar-refractivity contribution < 1.29 is 10.0 Å². The second-order valence-electron chi connectivity index (χ2n) is 6.75. The average molecular weight is 471 g/mol. The molecule has 1 saturated heterocycles. The van der Waals surface area contributed by atoms with Gasteiger partial charge in [-0.05, 0) is 24.8 Å². The fraction of sp³-hybridized carbons (Fsp3) is 0.647. The van der Waals surface area contributed by atoms with Crippen molar-refractivity contribution >= 4 is 46.4 Å². The number of benzene rings is 1. The molecule has 0 aromatic heterocycles. The van der Waals surface area contributed by atoms with Crippen LogP contribution in [0.25, 0.3) is 0 Å². The zero-order valence-corrected chi connectivity index (χ0v) is 17.7. The van der Waals surface area contributed by atoms with Gasteiger partial charge in [0.05, 0.1) is 4.92 Å². The first-order valence-corrected chi connectivity index (χ1v) is 9.49. The molecule has 1 aliphatic carbocycles. The molecule has 0 bridgehead atoms. The molecule has 1 aromatic rings. The van der Waals surface area contributed by atoms with E-state index in [0.29, 0.717) is 16.0 Å². The molecule has 2 aliphatic rings. The van der Waals surface area contributed by atoms with Gasteiger partial charge in [-0.15, -0.1) is 24.8 Å². The molecule has 1 aliphatic heterocycles. The summed E-state index contributed by atoms with van der Waals surface area (Å²) in [6, 6.07) is 3.29. The molecule has 3 rings (SSSR count). The van der Waals surface area contributed by atoms with Gasteiger partial charge in [0.1, 0.15) is 0 Å². The van der Waals surface area contributed by atoms with Crippen LogP contribution in [-0.4, -0.2) is 41.1 Å². The monoisotopic (exact) mass is 469 g/mol. The SMILES string of the molecule is Cl.Cl.O=[N+]([O-])c1cc(Br)cc([C@@H](C2CCCCC2)N2CCNCC2)c1O. The molecular weight excluding hydrogens is 445 g/mol. The summed E-state index contributed by atoms with van der Waals surface area (Å²) in [5, 5.41) is 25.3. The summed E-state index contributed by atoms with van der Waals surface area (Å²) in [6.07, 6.45) is 5.90. The van der Waals surface area contributed by atoms with E-state index >= 15 is 0 Å². The number of piperazine rings is 1. The predicted octanol–water partition coefficient (Wildman–Crippen LogP) is 4.43. The van der Waals surface area contributed by atoms with Gasteiger partial charge >= 0.3 is 5.69 Å². The second kappa shape index (κ2) is 10.7. The number of nitrogens with one attached hydrogen (secondary N) is 1. The average Bonchev–Trinajstić information content (AvgIpc) is 2.59. The van der Waals surface area contributed by atoms with Gasteiger partial charge in [-0.3, -0.25) is 15.0 Å². The van der Waals surface area contributed by atoms with Crippen molar-refractivity contribution in [2.24, 2.45) is 5.92 Å². The van der Waals surface area contributed by atoms with Gasteiger partial charge in [0.25, 0.3) is 0 Å². The minimum atomic E-state index is -0.501. The van der Waals surface area contributed by atoms with Crippen molar-refractivity contribution in [3.8, 4) is 5.75 Å². The zero-order valence-electron chi connectivity index (χ0n) is 14.5. The maximum absolute atomic E-state index is 11.3. The Kier molecular flexibility index (Phi) is 9.61. The molecule has 2 N–H and O–H groups in total. The minimum Gasteiger partial charge on any atom is -0.502 e. The topological polar surface area (TPSA) is 78.6 Å². The van der Waals surface area contributed by atoms with Crippen LogP contribution < -0.4 is 5.32 Å². The van der Waals surface area contributed by atoms with Crippen LogP contribution in [0.15, 0.2) is 16.6 Å². The summed E-state index contributed by atoms with van der Waals surface area (Å²) >= 11 is 3.39. The molecule has 0 unspecified atom stereocenters. The van der Waals surface area contributed by atoms with E-state index in [9.17, 15) is 15.2 Å². The molecule has 2 fully saturated rings. The summed E-state index contributed by atoms with van der Waals surface area (Å²) < 4.78 is 0.651. The third kappa shape index (κ3) is 5.23. The van der Waals surface area contributed by atoms with Gasteiger partial charge in [0, 0.05) is 48.3 Å². The van der Waals surface area contributed by atoms with Crippen molar-refractivity contribution in [3.05, 3.63) is 32.3 Å². The van der Waals surface area contributed by atoms with E-state index in [2.05, 4.69) is 26.1 Å². The van der Waals surface area contributed by atoms with Gasteiger partial charge in [0.15, 0.2) is 5.75 Å². The number of hydrogen-bond donors (Lipinski definition) is 2. The van der Waals surface area contributed by atoms with E-state index in [4.69, 9.17) is 0 Å². The predicted molar refractivity (Wildman–Crippen MR) is 111 cm³/mol. The Morgan fingerprint density at radius 1 is 1.19 bits per heavy atom. The highest BCUT2D eigenvalue weighted by atomic mass is 79.9. The first-order chi connectivity index (χ1) is 11.6. The Labute approximate surface area is 174 Å². The summed E-state index contributed by atoms with van der Waals surface area (Å²) in [7, 11) is 0. The fourth-order valence-electron chi connectivity index (χ4n) is 4.13. The molecule has 26 heavy (non-hydrogen) atoms. The van der Waals surface area contributed by atoms with Crippen molar-refractivity contribution in [2.75, 3.05) is 26.2 Å². The molecule has 0 amide bonds. The van der Waals surface area contributed by atoms with Crippen LogP contribution >= 0.6 is 40.7 Å². The maximum Gasteiger partial charge on any atom is 0.312 e. The summed E-state index contributed by atoms with van der Waals surface area (Å²) in [6.45, 7) is 3.64. The summed E-state index contributed by atoms with van der Waals surface area (Å²) in [5.41, 5.74) is 0.486. The number of hydrogen-bond acceptors (Lipinski definition) is 5. The Morgan fingerprint density at radius 2 is 1.81 bits per heavy atom. The van der Waals surface area contributed by atoms with Crippen LogP contribution in [0.5, 0.6) is 5.75 Å². The molecule has 0 radical (unpaired) electrons. The number of nitro benzene ring substituents is 1. The van der Waals surface area contributed by atoms with E-state index in [1.165, 1.54) is 25.3 Å². The number of phenols is 1. The van der Waals surface area contributed by atoms with Gasteiger partial charge in [0.2, 0.25) is 0 Å². The lowest BCUT2D eigenvalue weighted by Gasteiger charge is -2.41. The Morgan fingerprint density at radius 3 is 2.38 bits per heavy atom. The van der Waals surface area contributed by atoms with Crippen LogP contribution in [0.3, 0.4) is 0 Å². The van der Waals surface area contributed by atoms with E-state index in [1.807, 2.05) is 6.07 Å². The molecular formula is C17H26BrCl2N3O3. The van der Waals surface area contributed by atoms with E-state index in [0.717, 1.165) is 39.0 Å². The van der Waals surface area contributed by atoms with E-state index in [-0.39, 0.29) is 42.3 Å². The lowest BCUT2D eigenvalue weighted by Crippen LogP contribution is -2.47. The maximum atomic E-state index is 11.3. The number of nitrogens with zero attached hydrogens (tertiary/aromatic N) is 2. The second-order valence-corrected chi connectivity index (χ2v) is 7.66. The molecule has 9 heteroatoms. The first-order valence-electron chi connectivity index (χ1n) is 8.69. The first kappa shape index (κ1) is 23.4. The number of phenolic OH excluding ortho intramolecular Hbond substituents is 1. The zero-order chi connectivity index (χ0) is 17.1. The lowest BCUT2D eigenvalue weighted by atomic mass is 9.79. The minimum absolute atomic E-state index is 0. The molecule has 1 heterocycles. The van der Waals surface area contributed by atoms with Crippen molar-refractivity contribution in [3.63, 3.8) is 0 Å². The number of rotatable bonds is 4. The van der Waals surface area contributed by atoms with Crippen LogP contribution in [-0.2, 0) is 0 Å². The Bertz CT molecular complexity index is 591. The molecule has 1 atom stereocenters. The van der Waals surface area contributed by atoms with Crippen LogP contribution in [0.1, 0.15) is 43.7 Å². The number of halogens is 3. The molecule has 1 saturated carbocycles. The highest BCUT2D eigenvalue weighted by Gasteiger charge is 2.35. The van der Waals surface area contributed by atoms with Gasteiger partial charge in [-0.2, -0.15) is 0 Å². The van der Waals surface area contributed by atoms with Crippen molar-refractivity contribution in [1.29, 1.82) is 0 Å².